The number of ketones is 1. The molecule has 0 aromatic heterocycles. The lowest BCUT2D eigenvalue weighted by molar-refractivity contribution is -0.124. The predicted octanol–water partition coefficient (Wildman–Crippen LogP) is 6.43. The summed E-state index contributed by atoms with van der Waals surface area (Å²) in [5.74, 6) is 0.314. The third-order valence-electron chi connectivity index (χ3n) is 8.77. The van der Waals surface area contributed by atoms with Gasteiger partial charge < -0.3 is 15.5 Å². The van der Waals surface area contributed by atoms with E-state index in [9.17, 15) is 9.59 Å². The van der Waals surface area contributed by atoms with Gasteiger partial charge in [0.05, 0.1) is 22.0 Å². The topological polar surface area (TPSA) is 61.4 Å². The number of rotatable bonds is 11. The van der Waals surface area contributed by atoms with Gasteiger partial charge in [0, 0.05) is 36.7 Å². The van der Waals surface area contributed by atoms with Crippen molar-refractivity contribution in [1.29, 1.82) is 0 Å². The SMILES string of the molecule is CC(=O)CNC1(c2ccccc2)CCN(C[C@@H]2C[C@@]2(C(=O)NCCc2ccccc2Cl)c2ccc(Cl)c(Cl)c2)CC1. The predicted molar refractivity (Wildman–Crippen MR) is 167 cm³/mol. The molecule has 2 fully saturated rings. The molecule has 0 radical (unpaired) electrons. The third kappa shape index (κ3) is 6.65. The van der Waals surface area contributed by atoms with Crippen LogP contribution in [0.4, 0.5) is 0 Å². The summed E-state index contributed by atoms with van der Waals surface area (Å²) in [4.78, 5) is 28.1. The maximum absolute atomic E-state index is 13.8. The van der Waals surface area contributed by atoms with Gasteiger partial charge in [0.25, 0.3) is 0 Å². The van der Waals surface area contributed by atoms with Crippen LogP contribution in [0.15, 0.2) is 72.8 Å². The summed E-state index contributed by atoms with van der Waals surface area (Å²) in [7, 11) is 0. The van der Waals surface area contributed by atoms with Crippen molar-refractivity contribution in [1.82, 2.24) is 15.5 Å². The molecule has 3 aromatic carbocycles. The average molecular weight is 613 g/mol. The van der Waals surface area contributed by atoms with Crippen LogP contribution in [0, 0.1) is 5.92 Å². The highest BCUT2D eigenvalue weighted by Gasteiger charge is 2.61. The smallest absolute Gasteiger partial charge is 0.231 e. The zero-order valence-corrected chi connectivity index (χ0v) is 25.5. The molecule has 0 bridgehead atoms. The van der Waals surface area contributed by atoms with Gasteiger partial charge in [-0.25, -0.2) is 0 Å². The molecule has 1 aliphatic heterocycles. The number of piperidine rings is 1. The number of hydrogen-bond acceptors (Lipinski definition) is 4. The second kappa shape index (κ2) is 12.8. The van der Waals surface area contributed by atoms with Gasteiger partial charge in [0.1, 0.15) is 5.78 Å². The van der Waals surface area contributed by atoms with Crippen LogP contribution in [0.25, 0.3) is 0 Å². The van der Waals surface area contributed by atoms with Crippen LogP contribution in [0.3, 0.4) is 0 Å². The second-order valence-electron chi connectivity index (χ2n) is 11.4. The van der Waals surface area contributed by atoms with Crippen molar-refractivity contribution in [3.05, 3.63) is 105 Å². The first-order valence-electron chi connectivity index (χ1n) is 14.2. The Balaban J connectivity index is 1.28. The minimum Gasteiger partial charge on any atom is -0.355 e. The quantitative estimate of drug-likeness (QED) is 0.262. The van der Waals surface area contributed by atoms with E-state index in [0.717, 1.165) is 50.0 Å². The Hall–Kier alpha value is -2.41. The molecule has 1 amide bonds. The van der Waals surface area contributed by atoms with Crippen molar-refractivity contribution < 1.29 is 9.59 Å². The molecule has 2 N–H and O–H groups in total. The van der Waals surface area contributed by atoms with Crippen LogP contribution in [-0.4, -0.2) is 49.3 Å². The van der Waals surface area contributed by atoms with E-state index in [0.29, 0.717) is 34.6 Å². The fourth-order valence-corrected chi connectivity index (χ4v) is 6.83. The highest BCUT2D eigenvalue weighted by molar-refractivity contribution is 6.42. The summed E-state index contributed by atoms with van der Waals surface area (Å²) in [6, 6.07) is 23.7. The van der Waals surface area contributed by atoms with Crippen molar-refractivity contribution in [2.24, 2.45) is 5.92 Å². The van der Waals surface area contributed by atoms with E-state index >= 15 is 0 Å². The molecule has 3 aromatic rings. The van der Waals surface area contributed by atoms with Crippen molar-refractivity contribution >= 4 is 46.5 Å². The van der Waals surface area contributed by atoms with Crippen LogP contribution in [0.1, 0.15) is 42.9 Å². The number of Topliss-reactive ketones (excluding diaryl/α,β-unsaturated/α-hetero) is 1. The maximum Gasteiger partial charge on any atom is 0.231 e. The van der Waals surface area contributed by atoms with Gasteiger partial charge in [-0.15, -0.1) is 0 Å². The number of benzene rings is 3. The van der Waals surface area contributed by atoms with Gasteiger partial charge >= 0.3 is 0 Å². The van der Waals surface area contributed by atoms with Gasteiger partial charge in [0.2, 0.25) is 5.91 Å². The number of likely N-dealkylation sites (tertiary alicyclic amines) is 1. The standard InChI is InChI=1S/C33H36Cl3N3O2/c1-23(40)21-38-32(25-8-3-2-4-9-25)14-17-39(18-15-32)22-27-20-33(27,26-11-12-29(35)30(36)19-26)31(41)37-16-13-24-7-5-6-10-28(24)34/h2-12,19,27,38H,13-18,20-22H2,1H3,(H,37,41)/t27-,33+/m0/s1. The summed E-state index contributed by atoms with van der Waals surface area (Å²) >= 11 is 19.0. The molecule has 5 rings (SSSR count). The van der Waals surface area contributed by atoms with Gasteiger partial charge in [0.15, 0.2) is 0 Å². The lowest BCUT2D eigenvalue weighted by Gasteiger charge is -2.43. The Bertz CT molecular complexity index is 1390. The highest BCUT2D eigenvalue weighted by atomic mass is 35.5. The molecule has 0 spiro atoms. The number of nitrogens with one attached hydrogen (secondary N) is 2. The Labute approximate surface area is 257 Å². The summed E-state index contributed by atoms with van der Waals surface area (Å²) in [6.07, 6.45) is 3.20. The molecule has 1 saturated carbocycles. The fraction of sp³-hybridized carbons (Fsp3) is 0.394. The first-order valence-corrected chi connectivity index (χ1v) is 15.4. The van der Waals surface area contributed by atoms with Crippen LogP contribution in [0.2, 0.25) is 15.1 Å². The summed E-state index contributed by atoms with van der Waals surface area (Å²) in [6.45, 7) is 5.05. The fourth-order valence-electron chi connectivity index (χ4n) is 6.30. The molecule has 0 unspecified atom stereocenters. The number of nitrogens with zero attached hydrogens (tertiary/aromatic N) is 1. The Kier molecular flexibility index (Phi) is 9.42. The van der Waals surface area contributed by atoms with E-state index < -0.39 is 5.41 Å². The number of carbonyl (C=O) groups excluding carboxylic acids is 2. The number of halogens is 3. The van der Waals surface area contributed by atoms with E-state index in [2.05, 4.69) is 39.8 Å². The molecule has 2 aliphatic rings. The zero-order valence-electron chi connectivity index (χ0n) is 23.3. The molecule has 2 atom stereocenters. The van der Waals surface area contributed by atoms with Crippen molar-refractivity contribution in [2.75, 3.05) is 32.7 Å². The van der Waals surface area contributed by atoms with Crippen LogP contribution in [0.5, 0.6) is 0 Å². The molecular weight excluding hydrogens is 577 g/mol. The van der Waals surface area contributed by atoms with Crippen molar-refractivity contribution in [3.63, 3.8) is 0 Å². The molecular formula is C33H36Cl3N3O2. The number of carbonyl (C=O) groups is 2. The third-order valence-corrected chi connectivity index (χ3v) is 9.88. The van der Waals surface area contributed by atoms with Gasteiger partial charge in [-0.05, 0) is 73.4 Å². The first kappa shape index (κ1) is 30.1. The Morgan fingerprint density at radius 1 is 0.878 bits per heavy atom. The lowest BCUT2D eigenvalue weighted by atomic mass is 9.80. The lowest BCUT2D eigenvalue weighted by Crippen LogP contribution is -2.52. The van der Waals surface area contributed by atoms with Gasteiger partial charge in [-0.3, -0.25) is 9.59 Å². The largest absolute Gasteiger partial charge is 0.355 e. The zero-order chi connectivity index (χ0) is 29.0. The highest BCUT2D eigenvalue weighted by Crippen LogP contribution is 2.56. The second-order valence-corrected chi connectivity index (χ2v) is 12.6. The van der Waals surface area contributed by atoms with E-state index in [-0.39, 0.29) is 23.1 Å². The van der Waals surface area contributed by atoms with Crippen molar-refractivity contribution in [3.8, 4) is 0 Å². The Morgan fingerprint density at radius 2 is 1.59 bits per heavy atom. The first-order chi connectivity index (χ1) is 19.7. The van der Waals surface area contributed by atoms with E-state index in [1.165, 1.54) is 5.56 Å². The molecule has 8 heteroatoms. The minimum absolute atomic E-state index is 0.0201. The molecule has 1 aliphatic carbocycles. The van der Waals surface area contributed by atoms with E-state index in [1.54, 1.807) is 13.0 Å². The van der Waals surface area contributed by atoms with Gasteiger partial charge in [-0.2, -0.15) is 0 Å². The monoisotopic (exact) mass is 611 g/mol. The summed E-state index contributed by atoms with van der Waals surface area (Å²) < 4.78 is 0. The van der Waals surface area contributed by atoms with Crippen LogP contribution < -0.4 is 10.6 Å². The average Bonchev–Trinajstić information content (AvgIpc) is 3.70. The van der Waals surface area contributed by atoms with Crippen molar-refractivity contribution in [2.45, 2.75) is 43.6 Å². The molecule has 216 valence electrons. The number of amides is 1. The molecule has 1 heterocycles. The Morgan fingerprint density at radius 3 is 2.27 bits per heavy atom. The molecule has 5 nitrogen and oxygen atoms in total. The number of hydrogen-bond donors (Lipinski definition) is 2. The van der Waals surface area contributed by atoms with E-state index in [1.807, 2.05) is 42.5 Å². The molecule has 41 heavy (non-hydrogen) atoms. The van der Waals surface area contributed by atoms with Crippen LogP contribution in [-0.2, 0) is 27.0 Å². The summed E-state index contributed by atoms with van der Waals surface area (Å²) in [5, 5.41) is 8.41. The normalized spacial score (nSPS) is 21.8. The molecule has 1 saturated heterocycles. The summed E-state index contributed by atoms with van der Waals surface area (Å²) in [5.41, 5.74) is 2.26. The maximum atomic E-state index is 13.8. The van der Waals surface area contributed by atoms with Gasteiger partial charge in [-0.1, -0.05) is 89.4 Å². The van der Waals surface area contributed by atoms with E-state index in [4.69, 9.17) is 34.8 Å². The van der Waals surface area contributed by atoms with Crippen LogP contribution >= 0.6 is 34.8 Å². The minimum atomic E-state index is -0.643.